The maximum Gasteiger partial charge on any atom is 0.350 e. The van der Waals surface area contributed by atoms with Crippen molar-refractivity contribution in [2.45, 2.75) is 6.92 Å². The van der Waals surface area contributed by atoms with Gasteiger partial charge in [-0.05, 0) is 25.1 Å². The monoisotopic (exact) mass is 302 g/mol. The summed E-state index contributed by atoms with van der Waals surface area (Å²) in [6.07, 6.45) is 0. The number of nitro benzene ring substituents is 2. The molecule has 0 heterocycles. The van der Waals surface area contributed by atoms with Gasteiger partial charge in [0.15, 0.2) is 0 Å². The molecule has 2 rings (SSSR count). The second kappa shape index (κ2) is 6.00. The van der Waals surface area contributed by atoms with Gasteiger partial charge in [0.05, 0.1) is 9.85 Å². The molecule has 0 aliphatic rings. The number of ether oxygens (including phenoxy) is 1. The van der Waals surface area contributed by atoms with Crippen molar-refractivity contribution >= 4 is 17.3 Å². The number of benzene rings is 2. The molecule has 0 spiro atoms. The van der Waals surface area contributed by atoms with Crippen molar-refractivity contribution in [1.82, 2.24) is 0 Å². The van der Waals surface area contributed by atoms with Crippen LogP contribution >= 0.6 is 0 Å². The van der Waals surface area contributed by atoms with E-state index in [4.69, 9.17) is 4.74 Å². The van der Waals surface area contributed by atoms with E-state index in [2.05, 4.69) is 0 Å². The van der Waals surface area contributed by atoms with Crippen LogP contribution < -0.4 is 4.74 Å². The SMILES string of the molecule is Cc1cc(OC(=O)c2ccccc2[N+](=O)[O-])ccc1[N+](=O)[O-]. The van der Waals surface area contributed by atoms with E-state index in [1.54, 1.807) is 0 Å². The highest BCUT2D eigenvalue weighted by atomic mass is 16.6. The fraction of sp³-hybridized carbons (Fsp3) is 0.0714. The Morgan fingerprint density at radius 2 is 1.64 bits per heavy atom. The average Bonchev–Trinajstić information content (AvgIpc) is 2.46. The Kier molecular flexibility index (Phi) is 4.12. The van der Waals surface area contributed by atoms with Crippen molar-refractivity contribution in [2.75, 3.05) is 0 Å². The molecule has 0 bridgehead atoms. The van der Waals surface area contributed by atoms with Gasteiger partial charge in [0, 0.05) is 17.7 Å². The average molecular weight is 302 g/mol. The Morgan fingerprint density at radius 1 is 1.00 bits per heavy atom. The van der Waals surface area contributed by atoms with Gasteiger partial charge in [0.2, 0.25) is 0 Å². The highest BCUT2D eigenvalue weighted by Crippen LogP contribution is 2.25. The van der Waals surface area contributed by atoms with E-state index in [-0.39, 0.29) is 22.7 Å². The standard InChI is InChI=1S/C14H10N2O6/c1-9-8-10(6-7-12(9)15(18)19)22-14(17)11-4-2-3-5-13(11)16(20)21/h2-8H,1H3. The van der Waals surface area contributed by atoms with E-state index in [0.717, 1.165) is 0 Å². The number of nitro groups is 2. The molecule has 8 nitrogen and oxygen atoms in total. The second-order valence-corrected chi connectivity index (χ2v) is 4.37. The van der Waals surface area contributed by atoms with E-state index in [1.807, 2.05) is 0 Å². The highest BCUT2D eigenvalue weighted by molar-refractivity contribution is 5.95. The van der Waals surface area contributed by atoms with Crippen LogP contribution in [0.15, 0.2) is 42.5 Å². The number of hydrogen-bond donors (Lipinski definition) is 0. The van der Waals surface area contributed by atoms with E-state index >= 15 is 0 Å². The van der Waals surface area contributed by atoms with Crippen molar-refractivity contribution in [3.63, 3.8) is 0 Å². The van der Waals surface area contributed by atoms with Gasteiger partial charge in [-0.3, -0.25) is 20.2 Å². The lowest BCUT2D eigenvalue weighted by Crippen LogP contribution is -2.11. The number of hydrogen-bond acceptors (Lipinski definition) is 6. The summed E-state index contributed by atoms with van der Waals surface area (Å²) in [5.41, 5.74) is -0.349. The number of rotatable bonds is 4. The van der Waals surface area contributed by atoms with Crippen LogP contribution in [0, 0.1) is 27.2 Å². The van der Waals surface area contributed by atoms with Gasteiger partial charge in [0.1, 0.15) is 11.3 Å². The summed E-state index contributed by atoms with van der Waals surface area (Å²) in [5.74, 6) is -0.827. The number of aryl methyl sites for hydroxylation is 1. The number of esters is 1. The lowest BCUT2D eigenvalue weighted by Gasteiger charge is -2.06. The molecular weight excluding hydrogens is 292 g/mol. The molecule has 2 aromatic carbocycles. The fourth-order valence-corrected chi connectivity index (χ4v) is 1.86. The number of para-hydroxylation sites is 1. The maximum atomic E-state index is 12.0. The minimum absolute atomic E-state index is 0.0752. The minimum Gasteiger partial charge on any atom is -0.423 e. The molecule has 22 heavy (non-hydrogen) atoms. The van der Waals surface area contributed by atoms with Crippen molar-refractivity contribution in [1.29, 1.82) is 0 Å². The molecule has 0 unspecified atom stereocenters. The van der Waals surface area contributed by atoms with Crippen LogP contribution in [0.1, 0.15) is 15.9 Å². The molecule has 0 saturated carbocycles. The molecule has 0 aromatic heterocycles. The van der Waals surface area contributed by atoms with Crippen LogP contribution in [0.5, 0.6) is 5.75 Å². The Labute approximate surface area is 124 Å². The maximum absolute atomic E-state index is 12.0. The normalized spacial score (nSPS) is 10.0. The Bertz CT molecular complexity index is 772. The molecule has 0 amide bonds. The zero-order chi connectivity index (χ0) is 16.3. The first kappa shape index (κ1) is 15.1. The van der Waals surface area contributed by atoms with Gasteiger partial charge in [0.25, 0.3) is 11.4 Å². The highest BCUT2D eigenvalue weighted by Gasteiger charge is 2.21. The van der Waals surface area contributed by atoms with Gasteiger partial charge in [-0.1, -0.05) is 12.1 Å². The third-order valence-corrected chi connectivity index (χ3v) is 2.90. The molecule has 0 atom stereocenters. The lowest BCUT2D eigenvalue weighted by molar-refractivity contribution is -0.385. The summed E-state index contributed by atoms with van der Waals surface area (Å²) >= 11 is 0. The molecule has 2 aromatic rings. The molecule has 0 aliphatic heterocycles. The third-order valence-electron chi connectivity index (χ3n) is 2.90. The number of carbonyl (C=O) groups is 1. The molecule has 112 valence electrons. The van der Waals surface area contributed by atoms with Gasteiger partial charge in [-0.15, -0.1) is 0 Å². The molecule has 0 N–H and O–H groups in total. The summed E-state index contributed by atoms with van der Waals surface area (Å²) in [4.78, 5) is 32.4. The van der Waals surface area contributed by atoms with Crippen LogP contribution in [-0.4, -0.2) is 15.8 Å². The van der Waals surface area contributed by atoms with Crippen LogP contribution in [0.4, 0.5) is 11.4 Å². The molecule has 0 radical (unpaired) electrons. The van der Waals surface area contributed by atoms with E-state index in [0.29, 0.717) is 5.56 Å². The Balaban J connectivity index is 2.28. The van der Waals surface area contributed by atoms with Crippen molar-refractivity contribution < 1.29 is 19.4 Å². The van der Waals surface area contributed by atoms with E-state index in [9.17, 15) is 25.0 Å². The topological polar surface area (TPSA) is 113 Å². The fourth-order valence-electron chi connectivity index (χ4n) is 1.86. The zero-order valence-electron chi connectivity index (χ0n) is 11.4. The van der Waals surface area contributed by atoms with Crippen LogP contribution in [0.25, 0.3) is 0 Å². The largest absolute Gasteiger partial charge is 0.423 e. The van der Waals surface area contributed by atoms with E-state index < -0.39 is 15.8 Å². The molecule has 0 saturated heterocycles. The Hall–Kier alpha value is -3.29. The second-order valence-electron chi connectivity index (χ2n) is 4.37. The number of carbonyl (C=O) groups excluding carboxylic acids is 1. The zero-order valence-corrected chi connectivity index (χ0v) is 11.4. The van der Waals surface area contributed by atoms with Crippen LogP contribution in [-0.2, 0) is 0 Å². The lowest BCUT2D eigenvalue weighted by atomic mass is 10.1. The first-order valence-electron chi connectivity index (χ1n) is 6.11. The van der Waals surface area contributed by atoms with Gasteiger partial charge in [-0.25, -0.2) is 4.79 Å². The first-order chi connectivity index (χ1) is 10.4. The van der Waals surface area contributed by atoms with Gasteiger partial charge in [-0.2, -0.15) is 0 Å². The van der Waals surface area contributed by atoms with Crippen molar-refractivity contribution in [3.8, 4) is 5.75 Å². The Morgan fingerprint density at radius 3 is 2.23 bits per heavy atom. The van der Waals surface area contributed by atoms with Gasteiger partial charge >= 0.3 is 5.97 Å². The van der Waals surface area contributed by atoms with Crippen molar-refractivity contribution in [3.05, 3.63) is 73.8 Å². The predicted octanol–water partition coefficient (Wildman–Crippen LogP) is 3.03. The predicted molar refractivity (Wildman–Crippen MR) is 75.9 cm³/mol. The molecule has 0 fully saturated rings. The summed E-state index contributed by atoms with van der Waals surface area (Å²) in [7, 11) is 0. The van der Waals surface area contributed by atoms with Crippen LogP contribution in [0.3, 0.4) is 0 Å². The minimum atomic E-state index is -0.902. The van der Waals surface area contributed by atoms with Crippen LogP contribution in [0.2, 0.25) is 0 Å². The molecule has 8 heteroatoms. The number of nitrogens with zero attached hydrogens (tertiary/aromatic N) is 2. The third kappa shape index (κ3) is 3.06. The van der Waals surface area contributed by atoms with Crippen molar-refractivity contribution in [2.24, 2.45) is 0 Å². The smallest absolute Gasteiger partial charge is 0.350 e. The first-order valence-corrected chi connectivity index (χ1v) is 6.11. The quantitative estimate of drug-likeness (QED) is 0.371. The molecular formula is C14H10N2O6. The summed E-state index contributed by atoms with van der Waals surface area (Å²) in [6, 6.07) is 9.17. The summed E-state index contributed by atoms with van der Waals surface area (Å²) < 4.78 is 5.04. The van der Waals surface area contributed by atoms with Gasteiger partial charge < -0.3 is 4.74 Å². The summed E-state index contributed by atoms with van der Waals surface area (Å²) in [6.45, 7) is 1.50. The van der Waals surface area contributed by atoms with E-state index in [1.165, 1.54) is 49.4 Å². The summed E-state index contributed by atoms with van der Waals surface area (Å²) in [5, 5.41) is 21.6. The molecule has 0 aliphatic carbocycles.